The Morgan fingerprint density at radius 2 is 1.43 bits per heavy atom. The Hall–Kier alpha value is -0.330. The van der Waals surface area contributed by atoms with Gasteiger partial charge in [-0.25, -0.2) is 0 Å². The fraction of sp³-hybridized carbons (Fsp3) is 0.950. The maximum Gasteiger partial charge on any atom is 0.142 e. The first-order valence-corrected chi connectivity index (χ1v) is 8.77. The minimum Gasteiger partial charge on any atom is -0.299 e. The van der Waals surface area contributed by atoms with Crippen LogP contribution in [0.15, 0.2) is 0 Å². The van der Waals surface area contributed by atoms with Crippen molar-refractivity contribution in [3.05, 3.63) is 0 Å². The standard InChI is InChI=1S/C20H38O/c1-15(19(8)12-10-11-13-19)16(21)20(9,18(5,6)7)14-17(2,3)4/h15H,10-14H2,1-9H3. The molecule has 2 atom stereocenters. The van der Waals surface area contributed by atoms with Gasteiger partial charge in [-0.15, -0.1) is 0 Å². The summed E-state index contributed by atoms with van der Waals surface area (Å²) in [5, 5.41) is 0. The zero-order chi connectivity index (χ0) is 16.7. The van der Waals surface area contributed by atoms with E-state index in [1.165, 1.54) is 25.7 Å². The van der Waals surface area contributed by atoms with Crippen molar-refractivity contribution in [2.24, 2.45) is 27.6 Å². The molecule has 1 heteroatoms. The Bertz CT molecular complexity index is 374. The first kappa shape index (κ1) is 18.7. The molecule has 0 aromatic carbocycles. The van der Waals surface area contributed by atoms with E-state index in [1.54, 1.807) is 0 Å². The molecule has 0 aliphatic heterocycles. The SMILES string of the molecule is CC(C(=O)C(C)(CC(C)(C)C)C(C)(C)C)C1(C)CCCC1. The van der Waals surface area contributed by atoms with Crippen LogP contribution in [0.4, 0.5) is 0 Å². The third-order valence-corrected chi connectivity index (χ3v) is 6.27. The van der Waals surface area contributed by atoms with Crippen molar-refractivity contribution in [2.45, 2.75) is 94.4 Å². The Balaban J connectivity index is 3.12. The van der Waals surface area contributed by atoms with E-state index >= 15 is 0 Å². The van der Waals surface area contributed by atoms with Crippen LogP contribution in [-0.2, 0) is 4.79 Å². The summed E-state index contributed by atoms with van der Waals surface area (Å²) in [5.74, 6) is 0.668. The van der Waals surface area contributed by atoms with Crippen LogP contribution >= 0.6 is 0 Å². The second-order valence-electron chi connectivity index (χ2n) is 10.3. The molecule has 2 unspecified atom stereocenters. The summed E-state index contributed by atoms with van der Waals surface area (Å²) in [6.45, 7) is 20.2. The number of carbonyl (C=O) groups is 1. The quantitative estimate of drug-likeness (QED) is 0.598. The van der Waals surface area contributed by atoms with Crippen LogP contribution in [0.1, 0.15) is 94.4 Å². The molecule has 1 nitrogen and oxygen atoms in total. The van der Waals surface area contributed by atoms with Crippen LogP contribution in [-0.4, -0.2) is 5.78 Å². The number of ketones is 1. The van der Waals surface area contributed by atoms with Gasteiger partial charge in [-0.05, 0) is 35.5 Å². The lowest BCUT2D eigenvalue weighted by atomic mass is 9.55. The van der Waals surface area contributed by atoms with Gasteiger partial charge in [0.2, 0.25) is 0 Å². The lowest BCUT2D eigenvalue weighted by Gasteiger charge is -2.48. The molecule has 21 heavy (non-hydrogen) atoms. The second kappa shape index (κ2) is 5.70. The third-order valence-electron chi connectivity index (χ3n) is 6.27. The Morgan fingerprint density at radius 3 is 1.76 bits per heavy atom. The Kier molecular flexibility index (Phi) is 5.08. The molecule has 0 spiro atoms. The second-order valence-corrected chi connectivity index (χ2v) is 10.3. The summed E-state index contributed by atoms with van der Waals surface area (Å²) in [5.41, 5.74) is 0.145. The van der Waals surface area contributed by atoms with E-state index in [9.17, 15) is 4.79 Å². The molecule has 0 aromatic heterocycles. The summed E-state index contributed by atoms with van der Waals surface area (Å²) in [4.78, 5) is 13.5. The molecule has 0 aromatic rings. The molecule has 0 saturated heterocycles. The average Bonchev–Trinajstić information content (AvgIpc) is 2.71. The van der Waals surface area contributed by atoms with E-state index < -0.39 is 0 Å². The van der Waals surface area contributed by atoms with Crippen LogP contribution in [0.3, 0.4) is 0 Å². The molecule has 0 radical (unpaired) electrons. The number of carbonyl (C=O) groups excluding carboxylic acids is 1. The van der Waals surface area contributed by atoms with Gasteiger partial charge in [0.1, 0.15) is 5.78 Å². The lowest BCUT2D eigenvalue weighted by Crippen LogP contribution is -2.48. The van der Waals surface area contributed by atoms with Crippen molar-refractivity contribution >= 4 is 5.78 Å². The molecule has 1 saturated carbocycles. The van der Waals surface area contributed by atoms with Gasteiger partial charge >= 0.3 is 0 Å². The van der Waals surface area contributed by atoms with Gasteiger partial charge in [-0.1, -0.05) is 75.2 Å². The average molecular weight is 295 g/mol. The molecule has 0 bridgehead atoms. The highest BCUT2D eigenvalue weighted by Crippen LogP contribution is 2.53. The predicted molar refractivity (Wildman–Crippen MR) is 92.4 cm³/mol. The molecule has 124 valence electrons. The molecule has 1 rings (SSSR count). The van der Waals surface area contributed by atoms with Crippen molar-refractivity contribution in [3.8, 4) is 0 Å². The number of hydrogen-bond acceptors (Lipinski definition) is 1. The van der Waals surface area contributed by atoms with Crippen LogP contribution in [0.25, 0.3) is 0 Å². The summed E-state index contributed by atoms with van der Waals surface area (Å²) in [6, 6.07) is 0. The third kappa shape index (κ3) is 3.90. The van der Waals surface area contributed by atoms with Crippen molar-refractivity contribution in [1.29, 1.82) is 0 Å². The van der Waals surface area contributed by atoms with Crippen LogP contribution in [0.5, 0.6) is 0 Å². The minimum atomic E-state index is -0.254. The number of hydrogen-bond donors (Lipinski definition) is 0. The van der Waals surface area contributed by atoms with Gasteiger partial charge in [0.05, 0.1) is 0 Å². The summed E-state index contributed by atoms with van der Waals surface area (Å²) in [7, 11) is 0. The summed E-state index contributed by atoms with van der Waals surface area (Å²) >= 11 is 0. The highest BCUT2D eigenvalue weighted by atomic mass is 16.1. The van der Waals surface area contributed by atoms with Gasteiger partial charge in [-0.3, -0.25) is 4.79 Å². The highest BCUT2D eigenvalue weighted by Gasteiger charge is 2.51. The zero-order valence-corrected chi connectivity index (χ0v) is 16.0. The van der Waals surface area contributed by atoms with Crippen molar-refractivity contribution in [3.63, 3.8) is 0 Å². The first-order valence-electron chi connectivity index (χ1n) is 8.77. The molecular weight excluding hydrogens is 256 g/mol. The largest absolute Gasteiger partial charge is 0.299 e. The monoisotopic (exact) mass is 294 g/mol. The smallest absolute Gasteiger partial charge is 0.142 e. The van der Waals surface area contributed by atoms with E-state index in [4.69, 9.17) is 0 Å². The molecule has 0 N–H and O–H groups in total. The molecule has 1 aliphatic carbocycles. The molecule has 0 amide bonds. The van der Waals surface area contributed by atoms with Crippen molar-refractivity contribution < 1.29 is 4.79 Å². The fourth-order valence-electron chi connectivity index (χ4n) is 4.19. The summed E-state index contributed by atoms with van der Waals surface area (Å²) in [6.07, 6.45) is 5.98. The Labute approximate surface area is 133 Å². The first-order chi connectivity index (χ1) is 9.23. The van der Waals surface area contributed by atoms with Crippen molar-refractivity contribution in [2.75, 3.05) is 0 Å². The van der Waals surface area contributed by atoms with Gasteiger partial charge in [0.15, 0.2) is 0 Å². The van der Waals surface area contributed by atoms with Crippen LogP contribution < -0.4 is 0 Å². The molecule has 1 fully saturated rings. The van der Waals surface area contributed by atoms with Crippen LogP contribution in [0, 0.1) is 27.6 Å². The fourth-order valence-corrected chi connectivity index (χ4v) is 4.19. The minimum absolute atomic E-state index is 0.000583. The molecule has 1 aliphatic rings. The van der Waals surface area contributed by atoms with Gasteiger partial charge in [0, 0.05) is 11.3 Å². The van der Waals surface area contributed by atoms with Gasteiger partial charge < -0.3 is 0 Å². The zero-order valence-electron chi connectivity index (χ0n) is 16.0. The maximum atomic E-state index is 13.5. The van der Waals surface area contributed by atoms with Crippen LogP contribution in [0.2, 0.25) is 0 Å². The number of Topliss-reactive ketones (excluding diaryl/α,β-unsaturated/α-hetero) is 1. The lowest BCUT2D eigenvalue weighted by molar-refractivity contribution is -0.144. The highest BCUT2D eigenvalue weighted by molar-refractivity contribution is 5.88. The maximum absolute atomic E-state index is 13.5. The van der Waals surface area contributed by atoms with E-state index in [1.807, 2.05) is 0 Å². The molecule has 0 heterocycles. The summed E-state index contributed by atoms with van der Waals surface area (Å²) < 4.78 is 0. The predicted octanol–water partition coefficient (Wildman–Crippen LogP) is 6.26. The normalized spacial score (nSPS) is 23.7. The van der Waals surface area contributed by atoms with E-state index in [0.717, 1.165) is 6.42 Å². The van der Waals surface area contributed by atoms with Gasteiger partial charge in [0.25, 0.3) is 0 Å². The van der Waals surface area contributed by atoms with E-state index in [0.29, 0.717) is 5.78 Å². The molecular formula is C20H38O. The van der Waals surface area contributed by atoms with Gasteiger partial charge in [-0.2, -0.15) is 0 Å². The van der Waals surface area contributed by atoms with E-state index in [2.05, 4.69) is 62.3 Å². The van der Waals surface area contributed by atoms with E-state index in [-0.39, 0.29) is 27.6 Å². The van der Waals surface area contributed by atoms with Crippen molar-refractivity contribution in [1.82, 2.24) is 0 Å². The topological polar surface area (TPSA) is 17.1 Å². The Morgan fingerprint density at radius 1 is 1.00 bits per heavy atom. The number of rotatable bonds is 4.